The SMILES string of the molecule is COC(=O)c1nc(Cl)c(-n2cccn2)nc1N. The van der Waals surface area contributed by atoms with E-state index < -0.39 is 5.97 Å². The Morgan fingerprint density at radius 2 is 2.29 bits per heavy atom. The molecule has 2 aromatic heterocycles. The van der Waals surface area contributed by atoms with Gasteiger partial charge < -0.3 is 10.5 Å². The van der Waals surface area contributed by atoms with Crippen molar-refractivity contribution in [3.8, 4) is 5.82 Å². The first-order chi connectivity index (χ1) is 8.13. The Hall–Kier alpha value is -2.15. The van der Waals surface area contributed by atoms with Crippen LogP contribution in [0.5, 0.6) is 0 Å². The first-order valence-corrected chi connectivity index (χ1v) is 4.92. The first-order valence-electron chi connectivity index (χ1n) is 4.55. The number of anilines is 1. The van der Waals surface area contributed by atoms with Gasteiger partial charge in [0.25, 0.3) is 0 Å². The molecule has 7 nitrogen and oxygen atoms in total. The third-order valence-electron chi connectivity index (χ3n) is 1.96. The van der Waals surface area contributed by atoms with E-state index in [-0.39, 0.29) is 22.5 Å². The number of halogens is 1. The van der Waals surface area contributed by atoms with Gasteiger partial charge in [-0.15, -0.1) is 0 Å². The molecule has 0 saturated carbocycles. The smallest absolute Gasteiger partial charge is 0.360 e. The molecule has 2 N–H and O–H groups in total. The minimum Gasteiger partial charge on any atom is -0.464 e. The van der Waals surface area contributed by atoms with Gasteiger partial charge in [-0.1, -0.05) is 11.6 Å². The van der Waals surface area contributed by atoms with Gasteiger partial charge in [0, 0.05) is 12.4 Å². The van der Waals surface area contributed by atoms with Crippen molar-refractivity contribution < 1.29 is 9.53 Å². The highest BCUT2D eigenvalue weighted by Gasteiger charge is 2.18. The van der Waals surface area contributed by atoms with E-state index in [1.54, 1.807) is 18.5 Å². The van der Waals surface area contributed by atoms with Crippen molar-refractivity contribution in [2.45, 2.75) is 0 Å². The van der Waals surface area contributed by atoms with Gasteiger partial charge in [0.2, 0.25) is 0 Å². The molecule has 2 aromatic rings. The maximum absolute atomic E-state index is 11.3. The summed E-state index contributed by atoms with van der Waals surface area (Å²) in [5, 5.41) is 3.96. The van der Waals surface area contributed by atoms with E-state index in [1.165, 1.54) is 11.8 Å². The van der Waals surface area contributed by atoms with Crippen LogP contribution in [0.3, 0.4) is 0 Å². The number of nitrogens with zero attached hydrogens (tertiary/aromatic N) is 4. The number of hydrogen-bond donors (Lipinski definition) is 1. The molecule has 0 aliphatic heterocycles. The molecule has 2 heterocycles. The fraction of sp³-hybridized carbons (Fsp3) is 0.111. The number of carbonyl (C=O) groups excluding carboxylic acids is 1. The molecule has 0 unspecified atom stereocenters. The van der Waals surface area contributed by atoms with Crippen molar-refractivity contribution in [1.82, 2.24) is 19.7 Å². The number of esters is 1. The van der Waals surface area contributed by atoms with Crippen LogP contribution < -0.4 is 5.73 Å². The third kappa shape index (κ3) is 2.04. The maximum Gasteiger partial charge on any atom is 0.360 e. The summed E-state index contributed by atoms with van der Waals surface area (Å²) in [5.41, 5.74) is 5.48. The quantitative estimate of drug-likeness (QED) is 0.791. The van der Waals surface area contributed by atoms with Gasteiger partial charge in [0.05, 0.1) is 7.11 Å². The molecule has 0 fully saturated rings. The molecule has 2 rings (SSSR count). The summed E-state index contributed by atoms with van der Waals surface area (Å²) in [7, 11) is 1.22. The molecule has 0 amide bonds. The van der Waals surface area contributed by atoms with Crippen LogP contribution >= 0.6 is 11.6 Å². The molecule has 0 radical (unpaired) electrons. The Labute approximate surface area is 101 Å². The van der Waals surface area contributed by atoms with Crippen molar-refractivity contribution in [2.24, 2.45) is 0 Å². The number of hydrogen-bond acceptors (Lipinski definition) is 6. The predicted octanol–water partition coefficient (Wildman–Crippen LogP) is 0.684. The Bertz CT molecular complexity index is 555. The van der Waals surface area contributed by atoms with Crippen molar-refractivity contribution >= 4 is 23.4 Å². The van der Waals surface area contributed by atoms with Crippen molar-refractivity contribution in [1.29, 1.82) is 0 Å². The zero-order valence-corrected chi connectivity index (χ0v) is 9.55. The number of nitrogen functional groups attached to an aromatic ring is 1. The van der Waals surface area contributed by atoms with Gasteiger partial charge in [-0.3, -0.25) is 0 Å². The van der Waals surface area contributed by atoms with E-state index in [4.69, 9.17) is 17.3 Å². The number of ether oxygens (including phenoxy) is 1. The lowest BCUT2D eigenvalue weighted by atomic mass is 10.4. The largest absolute Gasteiger partial charge is 0.464 e. The predicted molar refractivity (Wildman–Crippen MR) is 59.9 cm³/mol. The highest BCUT2D eigenvalue weighted by Crippen LogP contribution is 2.19. The monoisotopic (exact) mass is 253 g/mol. The van der Waals surface area contributed by atoms with Gasteiger partial charge in [-0.2, -0.15) is 5.10 Å². The minimum absolute atomic E-state index is 0.0169. The zero-order chi connectivity index (χ0) is 12.4. The molecular formula is C9H8ClN5O2. The number of aromatic nitrogens is 4. The summed E-state index contributed by atoms with van der Waals surface area (Å²) in [6.45, 7) is 0. The van der Waals surface area contributed by atoms with E-state index in [9.17, 15) is 4.79 Å². The Kier molecular flexibility index (Phi) is 2.92. The van der Waals surface area contributed by atoms with Crippen LogP contribution in [0.4, 0.5) is 5.82 Å². The summed E-state index contributed by atoms with van der Waals surface area (Å²) in [6.07, 6.45) is 3.19. The molecule has 0 aliphatic carbocycles. The van der Waals surface area contributed by atoms with Crippen LogP contribution in [-0.4, -0.2) is 32.8 Å². The van der Waals surface area contributed by atoms with Crippen LogP contribution in [0.2, 0.25) is 5.15 Å². The lowest BCUT2D eigenvalue weighted by Gasteiger charge is -2.07. The van der Waals surface area contributed by atoms with Gasteiger partial charge in [0.15, 0.2) is 22.5 Å². The average Bonchev–Trinajstić information content (AvgIpc) is 2.84. The molecule has 0 aromatic carbocycles. The molecule has 88 valence electrons. The van der Waals surface area contributed by atoms with Crippen LogP contribution in [-0.2, 0) is 4.74 Å². The van der Waals surface area contributed by atoms with Gasteiger partial charge in [-0.05, 0) is 6.07 Å². The second kappa shape index (κ2) is 4.38. The van der Waals surface area contributed by atoms with Crippen LogP contribution in [0, 0.1) is 0 Å². The van der Waals surface area contributed by atoms with Gasteiger partial charge >= 0.3 is 5.97 Å². The van der Waals surface area contributed by atoms with E-state index >= 15 is 0 Å². The molecule has 17 heavy (non-hydrogen) atoms. The standard InChI is InChI=1S/C9H8ClN5O2/c1-17-9(16)5-7(11)14-8(6(10)13-5)15-4-2-3-12-15/h2-4H,1H3,(H2,11,14). The fourth-order valence-corrected chi connectivity index (χ4v) is 1.42. The minimum atomic E-state index is -0.691. The van der Waals surface area contributed by atoms with E-state index in [0.29, 0.717) is 0 Å². The van der Waals surface area contributed by atoms with Crippen molar-refractivity contribution in [2.75, 3.05) is 12.8 Å². The van der Waals surface area contributed by atoms with E-state index in [2.05, 4.69) is 19.8 Å². The molecule has 0 spiro atoms. The second-order valence-corrected chi connectivity index (χ2v) is 3.37. The normalized spacial score (nSPS) is 10.2. The zero-order valence-electron chi connectivity index (χ0n) is 8.79. The summed E-state index contributed by atoms with van der Waals surface area (Å²) < 4.78 is 5.90. The topological polar surface area (TPSA) is 95.9 Å². The van der Waals surface area contributed by atoms with Crippen molar-refractivity contribution in [3.05, 3.63) is 29.3 Å². The number of carbonyl (C=O) groups is 1. The van der Waals surface area contributed by atoms with Crippen molar-refractivity contribution in [3.63, 3.8) is 0 Å². The Morgan fingerprint density at radius 1 is 1.53 bits per heavy atom. The fourth-order valence-electron chi connectivity index (χ4n) is 1.21. The second-order valence-electron chi connectivity index (χ2n) is 3.01. The van der Waals surface area contributed by atoms with Crippen LogP contribution in [0.1, 0.15) is 10.5 Å². The lowest BCUT2D eigenvalue weighted by Crippen LogP contribution is -2.13. The number of methoxy groups -OCH3 is 1. The van der Waals surface area contributed by atoms with E-state index in [1.807, 2.05) is 0 Å². The Balaban J connectivity index is 2.53. The highest BCUT2D eigenvalue weighted by molar-refractivity contribution is 6.31. The van der Waals surface area contributed by atoms with Crippen LogP contribution in [0.25, 0.3) is 5.82 Å². The molecule has 0 aliphatic rings. The summed E-state index contributed by atoms with van der Waals surface area (Å²) >= 11 is 5.90. The van der Waals surface area contributed by atoms with E-state index in [0.717, 1.165) is 0 Å². The maximum atomic E-state index is 11.3. The highest BCUT2D eigenvalue weighted by atomic mass is 35.5. The lowest BCUT2D eigenvalue weighted by molar-refractivity contribution is 0.0595. The van der Waals surface area contributed by atoms with Gasteiger partial charge in [0.1, 0.15) is 0 Å². The number of nitrogens with two attached hydrogens (primary N) is 1. The Morgan fingerprint density at radius 3 is 2.88 bits per heavy atom. The summed E-state index contributed by atoms with van der Waals surface area (Å²) in [4.78, 5) is 19.1. The van der Waals surface area contributed by atoms with Crippen LogP contribution in [0.15, 0.2) is 18.5 Å². The number of rotatable bonds is 2. The third-order valence-corrected chi connectivity index (χ3v) is 2.22. The molecule has 8 heteroatoms. The molecule has 0 atom stereocenters. The molecular weight excluding hydrogens is 246 g/mol. The average molecular weight is 254 g/mol. The van der Waals surface area contributed by atoms with Gasteiger partial charge in [-0.25, -0.2) is 19.4 Å². The first kappa shape index (κ1) is 11.3. The molecule has 0 saturated heterocycles. The summed E-state index contributed by atoms with van der Waals surface area (Å²) in [5.74, 6) is -0.502. The summed E-state index contributed by atoms with van der Waals surface area (Å²) in [6, 6.07) is 1.70. The molecule has 0 bridgehead atoms.